The van der Waals surface area contributed by atoms with Gasteiger partial charge in [0.2, 0.25) is 0 Å². The number of aryl methyl sites for hydroxylation is 1. The molecule has 2 rings (SSSR count). The molecule has 1 N–H and O–H groups in total. The molecule has 1 heterocycles. The van der Waals surface area contributed by atoms with E-state index in [0.717, 1.165) is 18.0 Å². The molecule has 0 aliphatic carbocycles. The highest BCUT2D eigenvalue weighted by Gasteiger charge is 2.00. The Bertz CT molecular complexity index is 454. The van der Waals surface area contributed by atoms with Crippen molar-refractivity contribution in [3.63, 3.8) is 0 Å². The lowest BCUT2D eigenvalue weighted by atomic mass is 10.2. The van der Waals surface area contributed by atoms with Gasteiger partial charge in [0, 0.05) is 16.8 Å². The topological polar surface area (TPSA) is 34.1 Å². The standard InChI is InChI=1S/C12H14N2OS/c1-9-5-10(15-2)3-4-12(9)14-7-11-6-13-8-16-11/h3-6,8,14H,7H2,1-2H3. The van der Waals surface area contributed by atoms with E-state index in [1.807, 2.05) is 29.9 Å². The number of hydrogen-bond acceptors (Lipinski definition) is 4. The van der Waals surface area contributed by atoms with E-state index in [1.165, 1.54) is 10.4 Å². The smallest absolute Gasteiger partial charge is 0.119 e. The molecule has 0 bridgehead atoms. The first-order chi connectivity index (χ1) is 7.79. The van der Waals surface area contributed by atoms with E-state index < -0.39 is 0 Å². The number of benzene rings is 1. The summed E-state index contributed by atoms with van der Waals surface area (Å²) >= 11 is 1.66. The van der Waals surface area contributed by atoms with E-state index in [-0.39, 0.29) is 0 Å². The molecule has 0 aliphatic rings. The van der Waals surface area contributed by atoms with Crippen LogP contribution in [0.15, 0.2) is 29.9 Å². The zero-order valence-corrected chi connectivity index (χ0v) is 10.2. The van der Waals surface area contributed by atoms with Crippen LogP contribution in [-0.2, 0) is 6.54 Å². The van der Waals surface area contributed by atoms with Gasteiger partial charge in [0.15, 0.2) is 0 Å². The quantitative estimate of drug-likeness (QED) is 0.882. The molecule has 0 unspecified atom stereocenters. The van der Waals surface area contributed by atoms with Crippen LogP contribution in [0.25, 0.3) is 0 Å². The molecule has 84 valence electrons. The van der Waals surface area contributed by atoms with Crippen molar-refractivity contribution >= 4 is 17.0 Å². The number of hydrogen-bond donors (Lipinski definition) is 1. The van der Waals surface area contributed by atoms with Crippen molar-refractivity contribution in [2.75, 3.05) is 12.4 Å². The number of thiazole rings is 1. The van der Waals surface area contributed by atoms with Gasteiger partial charge in [-0.3, -0.25) is 4.98 Å². The minimum Gasteiger partial charge on any atom is -0.497 e. The molecule has 0 amide bonds. The molecule has 2 aromatic rings. The zero-order chi connectivity index (χ0) is 11.4. The zero-order valence-electron chi connectivity index (χ0n) is 9.36. The molecule has 0 atom stereocenters. The average molecular weight is 234 g/mol. The number of methoxy groups -OCH3 is 1. The first-order valence-corrected chi connectivity index (χ1v) is 5.93. The molecule has 0 spiro atoms. The van der Waals surface area contributed by atoms with Crippen LogP contribution in [0.2, 0.25) is 0 Å². The SMILES string of the molecule is COc1ccc(NCc2cncs2)c(C)c1. The first-order valence-electron chi connectivity index (χ1n) is 5.05. The second kappa shape index (κ2) is 4.99. The molecule has 0 saturated heterocycles. The minimum absolute atomic E-state index is 0.817. The van der Waals surface area contributed by atoms with Crippen molar-refractivity contribution in [3.05, 3.63) is 40.3 Å². The van der Waals surface area contributed by atoms with E-state index in [4.69, 9.17) is 4.74 Å². The third kappa shape index (κ3) is 2.52. The number of aromatic nitrogens is 1. The highest BCUT2D eigenvalue weighted by atomic mass is 32.1. The Morgan fingerprint density at radius 2 is 2.31 bits per heavy atom. The maximum absolute atomic E-state index is 5.16. The highest BCUT2D eigenvalue weighted by Crippen LogP contribution is 2.21. The van der Waals surface area contributed by atoms with Gasteiger partial charge in [0.25, 0.3) is 0 Å². The number of nitrogens with one attached hydrogen (secondary N) is 1. The van der Waals surface area contributed by atoms with Crippen molar-refractivity contribution in [1.29, 1.82) is 0 Å². The molecular formula is C12H14N2OS. The summed E-state index contributed by atoms with van der Waals surface area (Å²) < 4.78 is 5.16. The Morgan fingerprint density at radius 3 is 2.94 bits per heavy atom. The van der Waals surface area contributed by atoms with E-state index in [2.05, 4.69) is 17.2 Å². The van der Waals surface area contributed by atoms with Gasteiger partial charge in [0.05, 0.1) is 19.2 Å². The van der Waals surface area contributed by atoms with Crippen molar-refractivity contribution in [2.45, 2.75) is 13.5 Å². The van der Waals surface area contributed by atoms with Crippen molar-refractivity contribution in [2.24, 2.45) is 0 Å². The average Bonchev–Trinajstić information content (AvgIpc) is 2.80. The third-order valence-electron chi connectivity index (χ3n) is 2.37. The normalized spacial score (nSPS) is 10.1. The lowest BCUT2D eigenvalue weighted by Gasteiger charge is -2.09. The molecule has 4 heteroatoms. The minimum atomic E-state index is 0.817. The van der Waals surface area contributed by atoms with E-state index >= 15 is 0 Å². The molecule has 0 aliphatic heterocycles. The van der Waals surface area contributed by atoms with Gasteiger partial charge in [-0.2, -0.15) is 0 Å². The number of anilines is 1. The molecule has 0 fully saturated rings. The summed E-state index contributed by atoms with van der Waals surface area (Å²) in [5.41, 5.74) is 4.16. The van der Waals surface area contributed by atoms with Crippen LogP contribution in [0.4, 0.5) is 5.69 Å². The van der Waals surface area contributed by atoms with Crippen molar-refractivity contribution in [3.8, 4) is 5.75 Å². The van der Waals surface area contributed by atoms with Gasteiger partial charge in [-0.1, -0.05) is 0 Å². The Balaban J connectivity index is 2.04. The fourth-order valence-corrected chi connectivity index (χ4v) is 2.01. The summed E-state index contributed by atoms with van der Waals surface area (Å²) in [7, 11) is 1.68. The Labute approximate surface area is 99.1 Å². The highest BCUT2D eigenvalue weighted by molar-refractivity contribution is 7.09. The van der Waals surface area contributed by atoms with Crippen LogP contribution in [0, 0.1) is 6.92 Å². The summed E-state index contributed by atoms with van der Waals surface area (Å²) in [6.07, 6.45) is 1.89. The summed E-state index contributed by atoms with van der Waals surface area (Å²) in [4.78, 5) is 5.27. The van der Waals surface area contributed by atoms with Crippen LogP contribution >= 0.6 is 11.3 Å². The van der Waals surface area contributed by atoms with Gasteiger partial charge in [-0.15, -0.1) is 11.3 Å². The fourth-order valence-electron chi connectivity index (χ4n) is 1.47. The van der Waals surface area contributed by atoms with Crippen LogP contribution in [0.3, 0.4) is 0 Å². The van der Waals surface area contributed by atoms with Crippen LogP contribution in [-0.4, -0.2) is 12.1 Å². The van der Waals surface area contributed by atoms with E-state index in [1.54, 1.807) is 18.4 Å². The van der Waals surface area contributed by atoms with Gasteiger partial charge < -0.3 is 10.1 Å². The van der Waals surface area contributed by atoms with Crippen molar-refractivity contribution < 1.29 is 4.74 Å². The third-order valence-corrected chi connectivity index (χ3v) is 3.15. The molecule has 0 saturated carbocycles. The fraction of sp³-hybridized carbons (Fsp3) is 0.250. The van der Waals surface area contributed by atoms with Gasteiger partial charge in [-0.25, -0.2) is 0 Å². The Hall–Kier alpha value is -1.55. The van der Waals surface area contributed by atoms with E-state index in [0.29, 0.717) is 0 Å². The van der Waals surface area contributed by atoms with Crippen molar-refractivity contribution in [1.82, 2.24) is 4.98 Å². The maximum atomic E-state index is 5.16. The van der Waals surface area contributed by atoms with Crippen LogP contribution in [0.5, 0.6) is 5.75 Å². The molecule has 1 aromatic heterocycles. The number of rotatable bonds is 4. The summed E-state index contributed by atoms with van der Waals surface area (Å²) in [5.74, 6) is 0.890. The molecule has 1 aromatic carbocycles. The lowest BCUT2D eigenvalue weighted by Crippen LogP contribution is -1.99. The monoisotopic (exact) mass is 234 g/mol. The number of ether oxygens (including phenoxy) is 1. The molecular weight excluding hydrogens is 220 g/mol. The van der Waals surface area contributed by atoms with Gasteiger partial charge in [0.1, 0.15) is 5.75 Å². The Morgan fingerprint density at radius 1 is 1.44 bits per heavy atom. The van der Waals surface area contributed by atoms with Crippen LogP contribution in [0.1, 0.15) is 10.4 Å². The Kier molecular flexibility index (Phi) is 3.41. The molecule has 16 heavy (non-hydrogen) atoms. The van der Waals surface area contributed by atoms with Gasteiger partial charge >= 0.3 is 0 Å². The summed E-state index contributed by atoms with van der Waals surface area (Å²) in [6.45, 7) is 2.88. The molecule has 3 nitrogen and oxygen atoms in total. The summed E-state index contributed by atoms with van der Waals surface area (Å²) in [5, 5.41) is 3.38. The first kappa shape index (κ1) is 11.0. The lowest BCUT2D eigenvalue weighted by molar-refractivity contribution is 0.414. The number of nitrogens with zero attached hydrogens (tertiary/aromatic N) is 1. The van der Waals surface area contributed by atoms with Gasteiger partial charge in [-0.05, 0) is 30.7 Å². The van der Waals surface area contributed by atoms with E-state index in [9.17, 15) is 0 Å². The summed E-state index contributed by atoms with van der Waals surface area (Å²) in [6, 6.07) is 6.02. The largest absolute Gasteiger partial charge is 0.497 e. The second-order valence-corrected chi connectivity index (χ2v) is 4.47. The predicted molar refractivity (Wildman–Crippen MR) is 67.2 cm³/mol. The maximum Gasteiger partial charge on any atom is 0.119 e. The second-order valence-electron chi connectivity index (χ2n) is 3.50. The van der Waals surface area contributed by atoms with Crippen LogP contribution < -0.4 is 10.1 Å². The molecule has 0 radical (unpaired) electrons. The predicted octanol–water partition coefficient (Wildman–Crippen LogP) is 3.07.